The van der Waals surface area contributed by atoms with Crippen molar-refractivity contribution in [2.45, 2.75) is 13.8 Å². The minimum Gasteiger partial charge on any atom is -0.321 e. The molecule has 1 aromatic heterocycles. The first-order valence-corrected chi connectivity index (χ1v) is 10.2. The number of nitrogens with zero attached hydrogens (tertiary/aromatic N) is 3. The summed E-state index contributed by atoms with van der Waals surface area (Å²) in [6, 6.07) is 20.4. The van der Waals surface area contributed by atoms with E-state index in [0.29, 0.717) is 27.7 Å². The summed E-state index contributed by atoms with van der Waals surface area (Å²) < 4.78 is 1.48. The van der Waals surface area contributed by atoms with E-state index < -0.39 is 4.92 Å². The fraction of sp³-hybridized carbons (Fsp3) is 0.0833. The van der Waals surface area contributed by atoms with Crippen LogP contribution in [0.1, 0.15) is 21.6 Å². The van der Waals surface area contributed by atoms with E-state index in [-0.39, 0.29) is 17.3 Å². The maximum atomic E-state index is 13.2. The van der Waals surface area contributed by atoms with Gasteiger partial charge in [0.15, 0.2) is 0 Å². The third kappa shape index (κ3) is 4.24. The highest BCUT2D eigenvalue weighted by molar-refractivity contribution is 6.32. The van der Waals surface area contributed by atoms with Gasteiger partial charge in [-0.3, -0.25) is 14.9 Å². The zero-order chi connectivity index (χ0) is 22.8. The predicted octanol–water partition coefficient (Wildman–Crippen LogP) is 5.97. The number of aromatic nitrogens is 2. The molecule has 7 nitrogen and oxygen atoms in total. The number of aryl methyl sites for hydroxylation is 2. The van der Waals surface area contributed by atoms with Crippen LogP contribution < -0.4 is 5.32 Å². The molecule has 0 unspecified atom stereocenters. The number of non-ortho nitro benzene ring substituents is 1. The molecule has 0 fully saturated rings. The van der Waals surface area contributed by atoms with E-state index in [0.717, 1.165) is 11.1 Å². The molecule has 0 aliphatic carbocycles. The van der Waals surface area contributed by atoms with Crippen molar-refractivity contribution in [3.63, 3.8) is 0 Å². The summed E-state index contributed by atoms with van der Waals surface area (Å²) in [6.07, 6.45) is 0. The minimum atomic E-state index is -0.464. The Morgan fingerprint density at radius 3 is 2.38 bits per heavy atom. The topological polar surface area (TPSA) is 90.1 Å². The molecule has 0 spiro atoms. The number of hydrogen-bond donors (Lipinski definition) is 1. The van der Waals surface area contributed by atoms with E-state index >= 15 is 0 Å². The van der Waals surface area contributed by atoms with E-state index in [4.69, 9.17) is 11.6 Å². The number of anilines is 1. The molecule has 32 heavy (non-hydrogen) atoms. The number of amides is 1. The normalized spacial score (nSPS) is 10.7. The maximum Gasteiger partial charge on any atom is 0.274 e. The molecule has 0 aliphatic rings. The summed E-state index contributed by atoms with van der Waals surface area (Å²) in [5.41, 5.74) is 4.80. The van der Waals surface area contributed by atoms with Crippen molar-refractivity contribution in [3.8, 4) is 16.9 Å². The van der Waals surface area contributed by atoms with E-state index in [1.54, 1.807) is 42.5 Å². The van der Waals surface area contributed by atoms with Crippen LogP contribution in [0, 0.1) is 24.0 Å². The summed E-state index contributed by atoms with van der Waals surface area (Å²) in [5, 5.41) is 18.9. The van der Waals surface area contributed by atoms with Gasteiger partial charge in [-0.1, -0.05) is 29.8 Å². The Hall–Kier alpha value is -3.97. The van der Waals surface area contributed by atoms with Crippen molar-refractivity contribution in [2.24, 2.45) is 0 Å². The fourth-order valence-electron chi connectivity index (χ4n) is 3.26. The number of benzene rings is 3. The highest BCUT2D eigenvalue weighted by Crippen LogP contribution is 2.27. The molecule has 4 rings (SSSR count). The van der Waals surface area contributed by atoms with Crippen LogP contribution in [0.4, 0.5) is 11.4 Å². The van der Waals surface area contributed by atoms with Crippen molar-refractivity contribution >= 4 is 28.9 Å². The lowest BCUT2D eigenvalue weighted by molar-refractivity contribution is -0.384. The smallest absolute Gasteiger partial charge is 0.274 e. The van der Waals surface area contributed by atoms with Crippen LogP contribution in [-0.2, 0) is 0 Å². The molecule has 0 saturated carbocycles. The van der Waals surface area contributed by atoms with E-state index in [9.17, 15) is 14.9 Å². The highest BCUT2D eigenvalue weighted by Gasteiger charge is 2.20. The molecule has 0 radical (unpaired) electrons. The lowest BCUT2D eigenvalue weighted by atomic mass is 10.1. The second-order valence-corrected chi connectivity index (χ2v) is 7.74. The van der Waals surface area contributed by atoms with E-state index in [2.05, 4.69) is 10.4 Å². The average molecular weight is 447 g/mol. The molecular formula is C24H19ClN4O3. The molecule has 3 aromatic carbocycles. The molecule has 1 heterocycles. The molecule has 4 aromatic rings. The van der Waals surface area contributed by atoms with Crippen LogP contribution in [0.15, 0.2) is 72.8 Å². The zero-order valence-electron chi connectivity index (χ0n) is 17.4. The van der Waals surface area contributed by atoms with Crippen molar-refractivity contribution in [3.05, 3.63) is 105 Å². The summed E-state index contributed by atoms with van der Waals surface area (Å²) >= 11 is 6.38. The van der Waals surface area contributed by atoms with Gasteiger partial charge < -0.3 is 5.32 Å². The Morgan fingerprint density at radius 1 is 1.00 bits per heavy atom. The summed E-state index contributed by atoms with van der Waals surface area (Å²) in [6.45, 7) is 3.98. The van der Waals surface area contributed by atoms with Crippen LogP contribution >= 0.6 is 11.6 Å². The highest BCUT2D eigenvalue weighted by atomic mass is 35.5. The average Bonchev–Trinajstić information content (AvgIpc) is 3.22. The number of para-hydroxylation sites is 1. The number of nitrogens with one attached hydrogen (secondary N) is 1. The summed E-state index contributed by atoms with van der Waals surface area (Å²) in [7, 11) is 0. The van der Waals surface area contributed by atoms with Gasteiger partial charge in [-0.2, -0.15) is 5.10 Å². The number of halogens is 1. The van der Waals surface area contributed by atoms with Gasteiger partial charge in [-0.25, -0.2) is 4.68 Å². The summed E-state index contributed by atoms with van der Waals surface area (Å²) in [4.78, 5) is 23.7. The van der Waals surface area contributed by atoms with Crippen LogP contribution in [0.25, 0.3) is 16.9 Å². The minimum absolute atomic E-state index is 0.0213. The first-order chi connectivity index (χ1) is 15.3. The van der Waals surface area contributed by atoms with Gasteiger partial charge in [0.1, 0.15) is 5.69 Å². The lowest BCUT2D eigenvalue weighted by Gasteiger charge is -2.10. The van der Waals surface area contributed by atoms with Crippen LogP contribution in [0.3, 0.4) is 0 Å². The molecule has 1 amide bonds. The van der Waals surface area contributed by atoms with Crippen molar-refractivity contribution < 1.29 is 9.72 Å². The number of carbonyl (C=O) groups is 1. The molecular weight excluding hydrogens is 428 g/mol. The van der Waals surface area contributed by atoms with Gasteiger partial charge in [0.2, 0.25) is 0 Å². The van der Waals surface area contributed by atoms with Crippen LogP contribution in [0.2, 0.25) is 5.02 Å². The van der Waals surface area contributed by atoms with Gasteiger partial charge in [0.05, 0.1) is 21.3 Å². The van der Waals surface area contributed by atoms with Gasteiger partial charge in [-0.15, -0.1) is 0 Å². The molecule has 1 N–H and O–H groups in total. The van der Waals surface area contributed by atoms with Crippen LogP contribution in [0.5, 0.6) is 0 Å². The Labute approximate surface area is 189 Å². The fourth-order valence-corrected chi connectivity index (χ4v) is 3.48. The van der Waals surface area contributed by atoms with Gasteiger partial charge >= 0.3 is 0 Å². The monoisotopic (exact) mass is 446 g/mol. The predicted molar refractivity (Wildman–Crippen MR) is 125 cm³/mol. The van der Waals surface area contributed by atoms with Crippen molar-refractivity contribution in [1.29, 1.82) is 0 Å². The third-order valence-electron chi connectivity index (χ3n) is 5.16. The number of nitro benzene ring substituents is 1. The number of rotatable bonds is 5. The zero-order valence-corrected chi connectivity index (χ0v) is 18.1. The van der Waals surface area contributed by atoms with E-state index in [1.165, 1.54) is 16.8 Å². The van der Waals surface area contributed by atoms with Gasteiger partial charge in [0.25, 0.3) is 11.6 Å². The molecule has 0 bridgehead atoms. The Morgan fingerprint density at radius 2 is 1.72 bits per heavy atom. The third-order valence-corrected chi connectivity index (χ3v) is 5.48. The Balaban J connectivity index is 1.77. The first-order valence-electron chi connectivity index (χ1n) is 9.82. The van der Waals surface area contributed by atoms with Gasteiger partial charge in [-0.05, 0) is 67.4 Å². The quantitative estimate of drug-likeness (QED) is 0.302. The van der Waals surface area contributed by atoms with Crippen molar-refractivity contribution in [1.82, 2.24) is 9.78 Å². The summed E-state index contributed by atoms with van der Waals surface area (Å²) in [5.74, 6) is -0.353. The van der Waals surface area contributed by atoms with Crippen LogP contribution in [-0.4, -0.2) is 20.6 Å². The van der Waals surface area contributed by atoms with E-state index in [1.807, 2.05) is 32.0 Å². The molecule has 0 aliphatic heterocycles. The van der Waals surface area contributed by atoms with Gasteiger partial charge in [0, 0.05) is 23.4 Å². The molecule has 0 saturated heterocycles. The second-order valence-electron chi connectivity index (χ2n) is 7.34. The van der Waals surface area contributed by atoms with Crippen molar-refractivity contribution in [2.75, 3.05) is 5.32 Å². The second kappa shape index (κ2) is 8.64. The number of hydrogen-bond acceptors (Lipinski definition) is 4. The number of nitro groups is 1. The maximum absolute atomic E-state index is 13.2. The molecule has 0 atom stereocenters. The Bertz CT molecular complexity index is 1330. The largest absolute Gasteiger partial charge is 0.321 e. The Kier molecular flexibility index (Phi) is 5.75. The molecule has 8 heteroatoms. The first kappa shape index (κ1) is 21.3. The standard InChI is InChI=1S/C24H19ClN4O3/c1-15-7-10-18(13-16(15)2)26-24(30)23-14-21(17-8-11-19(12-9-17)29(31)32)27-28(23)22-6-4-3-5-20(22)25/h3-14H,1-2H3,(H,26,30). The SMILES string of the molecule is Cc1ccc(NC(=O)c2cc(-c3ccc([N+](=O)[O-])cc3)nn2-c2ccccc2Cl)cc1C. The lowest BCUT2D eigenvalue weighted by Crippen LogP contribution is -2.17. The molecule has 160 valence electrons. The number of carbonyl (C=O) groups excluding carboxylic acids is 1.